The molecule has 3 rings (SSSR count). The van der Waals surface area contributed by atoms with E-state index >= 15 is 0 Å². The minimum absolute atomic E-state index is 0.0180. The number of carbonyl (C=O) groups is 2. The largest absolute Gasteiger partial charge is 0.496 e. The Bertz CT molecular complexity index is 1140. The van der Waals surface area contributed by atoms with Crippen molar-refractivity contribution >= 4 is 55.1 Å². The molecule has 6 nitrogen and oxygen atoms in total. The SMILES string of the molecule is COc1cc(Br)cc(C(=O)Nc2ccc(Br)cn2)c1CC(=O)c1ccc(C(C)=N)cc1. The summed E-state index contributed by atoms with van der Waals surface area (Å²) in [7, 11) is 1.50. The normalized spacial score (nSPS) is 10.5. The number of benzene rings is 2. The van der Waals surface area contributed by atoms with E-state index in [1.165, 1.54) is 7.11 Å². The van der Waals surface area contributed by atoms with Crippen LogP contribution < -0.4 is 10.1 Å². The molecule has 0 spiro atoms. The van der Waals surface area contributed by atoms with Crippen LogP contribution in [0, 0.1) is 5.41 Å². The van der Waals surface area contributed by atoms with Crippen molar-refractivity contribution in [2.24, 2.45) is 0 Å². The lowest BCUT2D eigenvalue weighted by Gasteiger charge is -2.15. The first kappa shape index (κ1) is 22.8. The molecule has 2 N–H and O–H groups in total. The van der Waals surface area contributed by atoms with Gasteiger partial charge in [0.1, 0.15) is 11.6 Å². The van der Waals surface area contributed by atoms with Gasteiger partial charge >= 0.3 is 0 Å². The maximum atomic E-state index is 13.0. The predicted molar refractivity (Wildman–Crippen MR) is 128 cm³/mol. The lowest BCUT2D eigenvalue weighted by molar-refractivity contribution is 0.0991. The summed E-state index contributed by atoms with van der Waals surface area (Å²) >= 11 is 6.71. The minimum Gasteiger partial charge on any atom is -0.496 e. The van der Waals surface area contributed by atoms with E-state index in [1.807, 2.05) is 0 Å². The Morgan fingerprint density at radius 3 is 2.29 bits per heavy atom. The molecule has 158 valence electrons. The highest BCUT2D eigenvalue weighted by Crippen LogP contribution is 2.30. The van der Waals surface area contributed by atoms with Gasteiger partial charge in [0.05, 0.1) is 7.11 Å². The van der Waals surface area contributed by atoms with Gasteiger partial charge < -0.3 is 15.5 Å². The molecule has 8 heteroatoms. The van der Waals surface area contributed by atoms with Crippen molar-refractivity contribution < 1.29 is 14.3 Å². The number of Topliss-reactive ketones (excluding diaryl/α,β-unsaturated/α-hetero) is 1. The van der Waals surface area contributed by atoms with Crippen LogP contribution in [-0.2, 0) is 6.42 Å². The number of ether oxygens (including phenoxy) is 1. The zero-order valence-corrected chi connectivity index (χ0v) is 20.0. The van der Waals surface area contributed by atoms with Gasteiger partial charge in [-0.1, -0.05) is 40.2 Å². The van der Waals surface area contributed by atoms with Crippen molar-refractivity contribution in [3.8, 4) is 5.75 Å². The Kier molecular flexibility index (Phi) is 7.35. The first-order chi connectivity index (χ1) is 14.8. The van der Waals surface area contributed by atoms with Gasteiger partial charge in [-0.3, -0.25) is 9.59 Å². The van der Waals surface area contributed by atoms with Crippen molar-refractivity contribution in [1.29, 1.82) is 5.41 Å². The monoisotopic (exact) mass is 543 g/mol. The van der Waals surface area contributed by atoms with E-state index in [4.69, 9.17) is 10.1 Å². The van der Waals surface area contributed by atoms with Crippen LogP contribution in [0.5, 0.6) is 5.75 Å². The maximum absolute atomic E-state index is 13.0. The molecule has 31 heavy (non-hydrogen) atoms. The summed E-state index contributed by atoms with van der Waals surface area (Å²) in [4.78, 5) is 30.1. The molecule has 0 unspecified atom stereocenters. The van der Waals surface area contributed by atoms with Crippen molar-refractivity contribution in [1.82, 2.24) is 4.98 Å². The lowest BCUT2D eigenvalue weighted by Crippen LogP contribution is -2.17. The number of hydrogen-bond acceptors (Lipinski definition) is 5. The third-order valence-corrected chi connectivity index (χ3v) is 5.51. The molecular weight excluding hydrogens is 526 g/mol. The number of methoxy groups -OCH3 is 1. The van der Waals surface area contributed by atoms with E-state index in [2.05, 4.69) is 42.2 Å². The molecule has 0 atom stereocenters. The van der Waals surface area contributed by atoms with Crippen molar-refractivity contribution in [3.63, 3.8) is 0 Å². The van der Waals surface area contributed by atoms with E-state index < -0.39 is 5.91 Å². The number of hydrogen-bond donors (Lipinski definition) is 2. The molecule has 0 aliphatic carbocycles. The van der Waals surface area contributed by atoms with Gasteiger partial charge in [0, 0.05) is 44.0 Å². The number of rotatable bonds is 7. The Labute approximate surface area is 196 Å². The first-order valence-electron chi connectivity index (χ1n) is 9.26. The molecule has 0 radical (unpaired) electrons. The zero-order chi connectivity index (χ0) is 22.5. The summed E-state index contributed by atoms with van der Waals surface area (Å²) in [5, 5.41) is 10.4. The summed E-state index contributed by atoms with van der Waals surface area (Å²) in [6, 6.07) is 13.7. The molecule has 0 bridgehead atoms. The molecular formula is C23H19Br2N3O3. The number of carbonyl (C=O) groups excluding carboxylic acids is 2. The van der Waals surface area contributed by atoms with Gasteiger partial charge in [-0.15, -0.1) is 0 Å². The van der Waals surface area contributed by atoms with Crippen molar-refractivity contribution in [3.05, 3.63) is 85.9 Å². The second-order valence-corrected chi connectivity index (χ2v) is 8.58. The number of halogens is 2. The third kappa shape index (κ3) is 5.65. The fraction of sp³-hybridized carbons (Fsp3) is 0.130. The molecule has 3 aromatic rings. The van der Waals surface area contributed by atoms with Crippen LogP contribution in [0.25, 0.3) is 0 Å². The van der Waals surface area contributed by atoms with E-state index in [-0.39, 0.29) is 12.2 Å². The molecule has 2 aromatic carbocycles. The van der Waals surface area contributed by atoms with Gasteiger partial charge in [0.2, 0.25) is 0 Å². The fourth-order valence-electron chi connectivity index (χ4n) is 2.98. The lowest BCUT2D eigenvalue weighted by atomic mass is 9.96. The van der Waals surface area contributed by atoms with Gasteiger partial charge in [0.15, 0.2) is 5.78 Å². The topological polar surface area (TPSA) is 92.1 Å². The molecule has 1 amide bonds. The number of ketones is 1. The number of nitrogens with zero attached hydrogens (tertiary/aromatic N) is 1. The number of aromatic nitrogens is 1. The molecule has 0 fully saturated rings. The Morgan fingerprint density at radius 1 is 1.03 bits per heavy atom. The zero-order valence-electron chi connectivity index (χ0n) is 16.8. The van der Waals surface area contributed by atoms with Crippen molar-refractivity contribution in [2.45, 2.75) is 13.3 Å². The summed E-state index contributed by atoms with van der Waals surface area (Å²) in [6.07, 6.45) is 1.57. The average molecular weight is 545 g/mol. The number of nitrogens with one attached hydrogen (secondary N) is 2. The van der Waals surface area contributed by atoms with Crippen LogP contribution >= 0.6 is 31.9 Å². The number of pyridine rings is 1. The van der Waals surface area contributed by atoms with E-state index in [0.29, 0.717) is 38.4 Å². The quantitative estimate of drug-likeness (QED) is 0.295. The smallest absolute Gasteiger partial charge is 0.257 e. The van der Waals surface area contributed by atoms with Gasteiger partial charge in [-0.25, -0.2) is 4.98 Å². The molecule has 0 saturated heterocycles. The van der Waals surface area contributed by atoms with Crippen LogP contribution in [0.15, 0.2) is 63.7 Å². The standard InChI is InChI=1S/C23H19Br2N3O3/c1-13(26)14-3-5-15(6-4-14)20(29)11-18-19(9-17(25)10-21(18)31-2)23(30)28-22-8-7-16(24)12-27-22/h3-10,12,26H,11H2,1-2H3,(H,27,28,30). The molecule has 1 aromatic heterocycles. The van der Waals surface area contributed by atoms with Crippen LogP contribution in [0.1, 0.15) is 38.8 Å². The number of anilines is 1. The molecule has 0 saturated carbocycles. The predicted octanol–water partition coefficient (Wildman–Crippen LogP) is 5.68. The molecule has 1 heterocycles. The second-order valence-electron chi connectivity index (χ2n) is 6.75. The highest BCUT2D eigenvalue weighted by atomic mass is 79.9. The first-order valence-corrected chi connectivity index (χ1v) is 10.8. The van der Waals surface area contributed by atoms with E-state index in [1.54, 1.807) is 61.7 Å². The highest BCUT2D eigenvalue weighted by molar-refractivity contribution is 9.10. The van der Waals surface area contributed by atoms with Gasteiger partial charge in [-0.2, -0.15) is 0 Å². The summed E-state index contributed by atoms with van der Waals surface area (Å²) in [6.45, 7) is 1.69. The molecule has 0 aliphatic heterocycles. The fourth-order valence-corrected chi connectivity index (χ4v) is 3.65. The summed E-state index contributed by atoms with van der Waals surface area (Å²) in [5.41, 5.74) is 2.47. The summed E-state index contributed by atoms with van der Waals surface area (Å²) < 4.78 is 6.91. The third-order valence-electron chi connectivity index (χ3n) is 4.58. The van der Waals surface area contributed by atoms with E-state index in [0.717, 1.165) is 10.0 Å². The van der Waals surface area contributed by atoms with Crippen LogP contribution in [0.2, 0.25) is 0 Å². The van der Waals surface area contributed by atoms with E-state index in [9.17, 15) is 9.59 Å². The van der Waals surface area contributed by atoms with Crippen molar-refractivity contribution in [2.75, 3.05) is 12.4 Å². The Balaban J connectivity index is 1.92. The van der Waals surface area contributed by atoms with Gasteiger partial charge in [0.25, 0.3) is 5.91 Å². The molecule has 0 aliphatic rings. The van der Waals surface area contributed by atoms with Crippen LogP contribution in [-0.4, -0.2) is 29.5 Å². The summed E-state index contributed by atoms with van der Waals surface area (Å²) in [5.74, 6) is 0.267. The number of amides is 1. The highest BCUT2D eigenvalue weighted by Gasteiger charge is 2.21. The Morgan fingerprint density at radius 2 is 1.71 bits per heavy atom. The second kappa shape index (κ2) is 9.98. The maximum Gasteiger partial charge on any atom is 0.257 e. The Hall–Kier alpha value is -2.84. The van der Waals surface area contributed by atoms with Crippen LogP contribution in [0.4, 0.5) is 5.82 Å². The minimum atomic E-state index is -0.396. The van der Waals surface area contributed by atoms with Gasteiger partial charge in [-0.05, 0) is 52.7 Å². The van der Waals surface area contributed by atoms with Crippen LogP contribution in [0.3, 0.4) is 0 Å². The average Bonchev–Trinajstić information content (AvgIpc) is 2.76.